The van der Waals surface area contributed by atoms with Crippen LogP contribution in [0.5, 0.6) is 5.88 Å². The van der Waals surface area contributed by atoms with E-state index in [1.165, 1.54) is 31.4 Å². The molecule has 1 unspecified atom stereocenters. The average Bonchev–Trinajstić information content (AvgIpc) is 3.24. The number of nitrogens with zero attached hydrogens (tertiary/aromatic N) is 1. The number of hydrogen-bond donors (Lipinski definition) is 4. The SMILES string of the molecule is CC1CCCCN1CCCNS(=O)(=O)c1ccc(-c2[nH]c(O)c3c2C(=O)c2ccccc2C3=N)cc1. The van der Waals surface area contributed by atoms with E-state index in [-0.39, 0.29) is 33.4 Å². The number of ketones is 1. The van der Waals surface area contributed by atoms with E-state index < -0.39 is 10.0 Å². The Bertz CT molecular complexity index is 1430. The van der Waals surface area contributed by atoms with Crippen LogP contribution in [0, 0.1) is 5.41 Å². The van der Waals surface area contributed by atoms with Crippen molar-refractivity contribution in [3.63, 3.8) is 0 Å². The summed E-state index contributed by atoms with van der Waals surface area (Å²) in [6, 6.07) is 13.6. The zero-order chi connectivity index (χ0) is 25.4. The standard InChI is InChI=1S/C27H30N4O4S/c1-17-7-4-5-15-31(17)16-6-14-29-36(34,35)19-12-10-18(11-13-19)25-23-22(27(33)30-25)24(28)20-8-2-3-9-21(20)26(23)32/h2-3,8-13,17,28-30,33H,4-7,14-16H2,1H3. The first-order chi connectivity index (χ1) is 17.3. The van der Waals surface area contributed by atoms with E-state index in [2.05, 4.69) is 21.5 Å². The molecule has 5 rings (SSSR count). The summed E-state index contributed by atoms with van der Waals surface area (Å²) in [5, 5.41) is 19.0. The van der Waals surface area contributed by atoms with Crippen LogP contribution in [0.1, 0.15) is 59.7 Å². The highest BCUT2D eigenvalue weighted by Gasteiger charge is 2.34. The first-order valence-corrected chi connectivity index (χ1v) is 13.8. The zero-order valence-corrected chi connectivity index (χ0v) is 21.0. The highest BCUT2D eigenvalue weighted by Crippen LogP contribution is 2.39. The van der Waals surface area contributed by atoms with Crippen molar-refractivity contribution in [2.45, 2.75) is 43.5 Å². The lowest BCUT2D eigenvalue weighted by molar-refractivity contribution is 0.103. The average molecular weight is 507 g/mol. The number of likely N-dealkylation sites (tertiary alicyclic amines) is 1. The van der Waals surface area contributed by atoms with Crippen LogP contribution >= 0.6 is 0 Å². The molecule has 9 heteroatoms. The molecule has 1 fully saturated rings. The number of aromatic amines is 1. The largest absolute Gasteiger partial charge is 0.494 e. The molecule has 0 spiro atoms. The van der Waals surface area contributed by atoms with Crippen LogP contribution in [-0.2, 0) is 10.0 Å². The van der Waals surface area contributed by atoms with Crippen molar-refractivity contribution in [2.24, 2.45) is 0 Å². The van der Waals surface area contributed by atoms with Gasteiger partial charge in [0.2, 0.25) is 10.0 Å². The number of piperidine rings is 1. The summed E-state index contributed by atoms with van der Waals surface area (Å²) < 4.78 is 28.3. The predicted molar refractivity (Wildman–Crippen MR) is 138 cm³/mol. The number of H-pyrrole nitrogens is 1. The Morgan fingerprint density at radius 3 is 2.53 bits per heavy atom. The third-order valence-corrected chi connectivity index (χ3v) is 8.68. The number of nitrogens with one attached hydrogen (secondary N) is 3. The summed E-state index contributed by atoms with van der Waals surface area (Å²) in [5.74, 6) is -0.543. The summed E-state index contributed by atoms with van der Waals surface area (Å²) in [6.07, 6.45) is 4.39. The lowest BCUT2D eigenvalue weighted by Crippen LogP contribution is -2.39. The second-order valence-electron chi connectivity index (χ2n) is 9.50. The molecule has 8 nitrogen and oxygen atoms in total. The van der Waals surface area contributed by atoms with Gasteiger partial charge in [-0.3, -0.25) is 10.2 Å². The number of carbonyl (C=O) groups excluding carboxylic acids is 1. The second kappa shape index (κ2) is 9.65. The van der Waals surface area contributed by atoms with E-state index in [9.17, 15) is 18.3 Å². The van der Waals surface area contributed by atoms with Gasteiger partial charge in [0.15, 0.2) is 11.7 Å². The Morgan fingerprint density at radius 1 is 1.08 bits per heavy atom. The molecule has 188 valence electrons. The topological polar surface area (TPSA) is 126 Å². The maximum absolute atomic E-state index is 13.2. The Hall–Kier alpha value is -3.27. The van der Waals surface area contributed by atoms with Gasteiger partial charge in [0.05, 0.1) is 27.4 Å². The summed E-state index contributed by atoms with van der Waals surface area (Å²) in [5.41, 5.74) is 2.23. The van der Waals surface area contributed by atoms with Crippen molar-refractivity contribution in [2.75, 3.05) is 19.6 Å². The van der Waals surface area contributed by atoms with Gasteiger partial charge in [0, 0.05) is 23.7 Å². The van der Waals surface area contributed by atoms with E-state index in [4.69, 9.17) is 5.41 Å². The highest BCUT2D eigenvalue weighted by atomic mass is 32.2. The molecule has 1 aliphatic heterocycles. The summed E-state index contributed by atoms with van der Waals surface area (Å²) in [6.45, 7) is 4.53. The van der Waals surface area contributed by atoms with Crippen LogP contribution in [-0.4, -0.2) is 60.6 Å². The summed E-state index contributed by atoms with van der Waals surface area (Å²) >= 11 is 0. The third-order valence-electron chi connectivity index (χ3n) is 7.21. The Balaban J connectivity index is 1.32. The maximum atomic E-state index is 13.2. The minimum Gasteiger partial charge on any atom is -0.494 e. The van der Waals surface area contributed by atoms with E-state index >= 15 is 0 Å². The molecule has 0 bridgehead atoms. The summed E-state index contributed by atoms with van der Waals surface area (Å²) in [4.78, 5) is 18.6. The van der Waals surface area contributed by atoms with Gasteiger partial charge in [0.1, 0.15) is 0 Å². The van der Waals surface area contributed by atoms with E-state index in [1.807, 2.05) is 0 Å². The van der Waals surface area contributed by atoms with Gasteiger partial charge in [0.25, 0.3) is 0 Å². The number of fused-ring (bicyclic) bond motifs is 2. The third kappa shape index (κ3) is 4.38. The molecular formula is C27H30N4O4S. The molecule has 2 heterocycles. The number of aromatic hydroxyl groups is 1. The van der Waals surface area contributed by atoms with Gasteiger partial charge in [-0.15, -0.1) is 0 Å². The Morgan fingerprint density at radius 2 is 1.81 bits per heavy atom. The number of aromatic nitrogens is 1. The number of sulfonamides is 1. The molecule has 36 heavy (non-hydrogen) atoms. The van der Waals surface area contributed by atoms with Gasteiger partial charge in [-0.05, 0) is 57.0 Å². The van der Waals surface area contributed by atoms with Crippen LogP contribution in [0.15, 0.2) is 53.4 Å². The van der Waals surface area contributed by atoms with Crippen molar-refractivity contribution < 1.29 is 18.3 Å². The van der Waals surface area contributed by atoms with Gasteiger partial charge in [-0.1, -0.05) is 42.8 Å². The molecule has 2 aliphatic rings. The molecule has 1 aromatic heterocycles. The van der Waals surface area contributed by atoms with Crippen LogP contribution < -0.4 is 4.72 Å². The normalized spacial score (nSPS) is 18.2. The van der Waals surface area contributed by atoms with Gasteiger partial charge in [-0.2, -0.15) is 0 Å². The molecule has 0 saturated carbocycles. The highest BCUT2D eigenvalue weighted by molar-refractivity contribution is 7.89. The molecule has 2 aromatic carbocycles. The lowest BCUT2D eigenvalue weighted by atomic mass is 9.84. The minimum absolute atomic E-state index is 0.0718. The smallest absolute Gasteiger partial charge is 0.240 e. The van der Waals surface area contributed by atoms with Crippen LogP contribution in [0.2, 0.25) is 0 Å². The number of rotatable bonds is 7. The summed E-state index contributed by atoms with van der Waals surface area (Å²) in [7, 11) is -3.68. The molecule has 3 aromatic rings. The fraction of sp³-hybridized carbons (Fsp3) is 0.333. The number of hydrogen-bond acceptors (Lipinski definition) is 6. The molecule has 4 N–H and O–H groups in total. The van der Waals surface area contributed by atoms with Crippen molar-refractivity contribution in [3.8, 4) is 17.1 Å². The Labute approximate surface area is 210 Å². The van der Waals surface area contributed by atoms with Crippen LogP contribution in [0.3, 0.4) is 0 Å². The number of carbonyl (C=O) groups is 1. The fourth-order valence-corrected chi connectivity index (χ4v) is 6.28. The first kappa shape index (κ1) is 24.4. The van der Waals surface area contributed by atoms with Gasteiger partial charge >= 0.3 is 0 Å². The quantitative estimate of drug-likeness (QED) is 0.283. The molecular weight excluding hydrogens is 476 g/mol. The van der Waals surface area contributed by atoms with Crippen LogP contribution in [0.4, 0.5) is 0 Å². The van der Waals surface area contributed by atoms with Crippen LogP contribution in [0.25, 0.3) is 11.3 Å². The first-order valence-electron chi connectivity index (χ1n) is 12.3. The molecule has 0 radical (unpaired) electrons. The van der Waals surface area contributed by atoms with E-state index in [0.717, 1.165) is 19.5 Å². The maximum Gasteiger partial charge on any atom is 0.240 e. The van der Waals surface area contributed by atoms with E-state index in [0.29, 0.717) is 35.0 Å². The van der Waals surface area contributed by atoms with Crippen molar-refractivity contribution in [1.29, 1.82) is 5.41 Å². The van der Waals surface area contributed by atoms with Gasteiger partial charge in [-0.25, -0.2) is 13.1 Å². The van der Waals surface area contributed by atoms with E-state index in [1.54, 1.807) is 36.4 Å². The second-order valence-corrected chi connectivity index (χ2v) is 11.3. The monoisotopic (exact) mass is 506 g/mol. The molecule has 1 aliphatic carbocycles. The molecule has 0 amide bonds. The molecule has 1 saturated heterocycles. The minimum atomic E-state index is -3.68. The Kier molecular flexibility index (Phi) is 6.55. The van der Waals surface area contributed by atoms with Crippen molar-refractivity contribution in [1.82, 2.24) is 14.6 Å². The fourth-order valence-electron chi connectivity index (χ4n) is 5.20. The van der Waals surface area contributed by atoms with Gasteiger partial charge < -0.3 is 15.0 Å². The predicted octanol–water partition coefficient (Wildman–Crippen LogP) is 3.89. The number of benzene rings is 2. The van der Waals surface area contributed by atoms with Crippen molar-refractivity contribution >= 4 is 21.5 Å². The lowest BCUT2D eigenvalue weighted by Gasteiger charge is -2.33. The zero-order valence-electron chi connectivity index (χ0n) is 20.2. The van der Waals surface area contributed by atoms with Crippen molar-refractivity contribution in [3.05, 3.63) is 70.8 Å². The molecule has 1 atom stereocenters.